The van der Waals surface area contributed by atoms with Crippen molar-refractivity contribution >= 4 is 0 Å². The Labute approximate surface area is 221 Å². The van der Waals surface area contributed by atoms with E-state index in [1.807, 2.05) is 0 Å². The van der Waals surface area contributed by atoms with Crippen molar-refractivity contribution in [2.75, 3.05) is 0 Å². The molecule has 0 radical (unpaired) electrons. The Hall–Kier alpha value is -1.66. The van der Waals surface area contributed by atoms with Gasteiger partial charge in [0.1, 0.15) is 0 Å². The van der Waals surface area contributed by atoms with Crippen LogP contribution in [-0.2, 0) is 23.2 Å². The van der Waals surface area contributed by atoms with E-state index >= 15 is 0 Å². The molecule has 0 aliphatic heterocycles. The predicted octanol–water partition coefficient (Wildman–Crippen LogP) is 1.85. The molecule has 0 heterocycles. The van der Waals surface area contributed by atoms with Crippen LogP contribution in [0, 0.1) is 27.7 Å². The fourth-order valence-corrected chi connectivity index (χ4v) is 11.5. The molecule has 2 atom stereocenters. The maximum Gasteiger partial charge on any atom is -1.00 e. The van der Waals surface area contributed by atoms with Crippen LogP contribution in [0.15, 0.2) is 72.8 Å². The Bertz CT molecular complexity index is 1270. The first-order valence-corrected chi connectivity index (χ1v) is 14.0. The Balaban J connectivity index is 0.00000130. The predicted molar refractivity (Wildman–Crippen MR) is 126 cm³/mol. The minimum absolute atomic E-state index is 0. The van der Waals surface area contributed by atoms with E-state index in [0.29, 0.717) is 7.25 Å². The van der Waals surface area contributed by atoms with Gasteiger partial charge in [0.05, 0.1) is 0 Å². The van der Waals surface area contributed by atoms with Crippen molar-refractivity contribution in [1.82, 2.24) is 0 Å². The molecular formula is C30H26Cl2Zr. The first-order chi connectivity index (χ1) is 15.1. The zero-order valence-corrected chi connectivity index (χ0v) is 23.3. The van der Waals surface area contributed by atoms with Crippen LogP contribution < -0.4 is 24.8 Å². The SMILES string of the molecule is Cc1ccc(C)c2c1-c1ccccc1[CH]2[Zr+2][CH]1c2ccccc2-c2c(C)ccc(C)c21.[Cl-].[Cl-]. The average molecular weight is 549 g/mol. The number of hydrogen-bond acceptors (Lipinski definition) is 0. The summed E-state index contributed by atoms with van der Waals surface area (Å²) < 4.78 is 1.22. The van der Waals surface area contributed by atoms with E-state index in [1.165, 1.54) is 44.5 Å². The standard InChI is InChI=1S/2C15H13.2ClH.Zr/c2*1-10-7-8-11(2)15-13-6-4-3-5-12(13)9-14(10)15;;;/h2*3-9H,1-2H3;2*1H;/q;;;;+2/p-2. The largest absolute Gasteiger partial charge is 1.00 e. The van der Waals surface area contributed by atoms with E-state index in [-0.39, 0.29) is 24.8 Å². The van der Waals surface area contributed by atoms with Crippen LogP contribution in [0.1, 0.15) is 51.8 Å². The van der Waals surface area contributed by atoms with Crippen LogP contribution >= 0.6 is 0 Å². The number of aryl methyl sites for hydroxylation is 4. The van der Waals surface area contributed by atoms with E-state index in [2.05, 4.69) is 100 Å². The molecule has 4 aromatic rings. The molecule has 6 rings (SSSR count). The third kappa shape index (κ3) is 3.60. The second-order valence-electron chi connectivity index (χ2n) is 9.18. The Morgan fingerprint density at radius 1 is 0.485 bits per heavy atom. The maximum absolute atomic E-state index is 2.41. The summed E-state index contributed by atoms with van der Waals surface area (Å²) in [5.74, 6) is 0. The van der Waals surface area contributed by atoms with Gasteiger partial charge in [-0.3, -0.25) is 0 Å². The fraction of sp³-hybridized carbons (Fsp3) is 0.200. The molecule has 0 N–H and O–H groups in total. The maximum atomic E-state index is 2.41. The summed E-state index contributed by atoms with van der Waals surface area (Å²) >= 11 is -0.920. The van der Waals surface area contributed by atoms with E-state index in [0.717, 1.165) is 0 Å². The molecule has 0 spiro atoms. The molecule has 0 aromatic heterocycles. The third-order valence-corrected chi connectivity index (χ3v) is 11.9. The van der Waals surface area contributed by atoms with Gasteiger partial charge in [0.2, 0.25) is 0 Å². The van der Waals surface area contributed by atoms with Crippen molar-refractivity contribution in [3.63, 3.8) is 0 Å². The van der Waals surface area contributed by atoms with Gasteiger partial charge in [-0.1, -0.05) is 0 Å². The molecule has 0 saturated carbocycles. The van der Waals surface area contributed by atoms with E-state index < -0.39 is 23.2 Å². The molecule has 0 bridgehead atoms. The van der Waals surface area contributed by atoms with Crippen LogP contribution in [-0.4, -0.2) is 0 Å². The van der Waals surface area contributed by atoms with Gasteiger partial charge < -0.3 is 24.8 Å². The summed E-state index contributed by atoms with van der Waals surface area (Å²) in [6.07, 6.45) is 0. The van der Waals surface area contributed by atoms with Crippen molar-refractivity contribution in [2.24, 2.45) is 0 Å². The van der Waals surface area contributed by atoms with Gasteiger partial charge in [0.25, 0.3) is 0 Å². The van der Waals surface area contributed by atoms with Crippen LogP contribution in [0.2, 0.25) is 0 Å². The van der Waals surface area contributed by atoms with Gasteiger partial charge in [-0.25, -0.2) is 0 Å². The van der Waals surface area contributed by atoms with Gasteiger partial charge in [-0.2, -0.15) is 0 Å². The summed E-state index contributed by atoms with van der Waals surface area (Å²) in [5, 5.41) is 0. The van der Waals surface area contributed by atoms with Crippen molar-refractivity contribution in [2.45, 2.75) is 34.9 Å². The summed E-state index contributed by atoms with van der Waals surface area (Å²) in [6, 6.07) is 27.8. The van der Waals surface area contributed by atoms with E-state index in [1.54, 1.807) is 22.3 Å². The van der Waals surface area contributed by atoms with Crippen LogP contribution in [0.5, 0.6) is 0 Å². The smallest absolute Gasteiger partial charge is 1.00 e. The van der Waals surface area contributed by atoms with Gasteiger partial charge in [-0.05, 0) is 0 Å². The normalized spacial score (nSPS) is 16.5. The molecule has 2 aliphatic rings. The van der Waals surface area contributed by atoms with Gasteiger partial charge in [0.15, 0.2) is 0 Å². The van der Waals surface area contributed by atoms with Crippen LogP contribution in [0.25, 0.3) is 22.3 Å². The molecule has 0 amide bonds. The molecule has 3 heteroatoms. The van der Waals surface area contributed by atoms with Crippen LogP contribution in [0.3, 0.4) is 0 Å². The summed E-state index contributed by atoms with van der Waals surface area (Å²) in [7, 11) is 0. The van der Waals surface area contributed by atoms with Crippen LogP contribution in [0.4, 0.5) is 0 Å². The van der Waals surface area contributed by atoms with E-state index in [9.17, 15) is 0 Å². The molecule has 0 fully saturated rings. The first-order valence-electron chi connectivity index (χ1n) is 11.2. The van der Waals surface area contributed by atoms with Crippen molar-refractivity contribution in [1.29, 1.82) is 0 Å². The first kappa shape index (κ1) is 24.5. The Morgan fingerprint density at radius 3 is 1.27 bits per heavy atom. The molecular weight excluding hydrogens is 522 g/mol. The monoisotopic (exact) mass is 546 g/mol. The molecule has 2 aliphatic carbocycles. The van der Waals surface area contributed by atoms with Gasteiger partial charge >= 0.3 is 198 Å². The molecule has 0 nitrogen and oxygen atoms in total. The summed E-state index contributed by atoms with van der Waals surface area (Å²) in [4.78, 5) is 0. The minimum Gasteiger partial charge on any atom is -1.00 e. The molecule has 164 valence electrons. The molecule has 0 saturated heterocycles. The molecule has 4 aromatic carbocycles. The zero-order chi connectivity index (χ0) is 21.3. The number of rotatable bonds is 2. The number of hydrogen-bond donors (Lipinski definition) is 0. The minimum atomic E-state index is -0.920. The number of benzene rings is 4. The Morgan fingerprint density at radius 2 is 0.848 bits per heavy atom. The fourth-order valence-electron chi connectivity index (χ4n) is 5.90. The average Bonchev–Trinajstić information content (AvgIpc) is 3.29. The van der Waals surface area contributed by atoms with Crippen molar-refractivity contribution in [3.05, 3.63) is 117 Å². The summed E-state index contributed by atoms with van der Waals surface area (Å²) in [5.41, 5.74) is 18.2. The van der Waals surface area contributed by atoms with Crippen molar-refractivity contribution in [3.8, 4) is 22.3 Å². The molecule has 33 heavy (non-hydrogen) atoms. The number of halogens is 2. The van der Waals surface area contributed by atoms with E-state index in [4.69, 9.17) is 0 Å². The second kappa shape index (κ2) is 9.18. The quantitative estimate of drug-likeness (QED) is 0.359. The topological polar surface area (TPSA) is 0 Å². The number of fused-ring (bicyclic) bond motifs is 6. The van der Waals surface area contributed by atoms with Gasteiger partial charge in [0, 0.05) is 0 Å². The zero-order valence-electron chi connectivity index (χ0n) is 19.3. The van der Waals surface area contributed by atoms with Crippen molar-refractivity contribution < 1.29 is 48.0 Å². The molecule has 2 unspecified atom stereocenters. The summed E-state index contributed by atoms with van der Waals surface area (Å²) in [6.45, 7) is 9.22. The third-order valence-electron chi connectivity index (χ3n) is 7.34. The van der Waals surface area contributed by atoms with Gasteiger partial charge in [-0.15, -0.1) is 0 Å². The Kier molecular flexibility index (Phi) is 6.81. The second-order valence-corrected chi connectivity index (χ2v) is 12.8.